The third-order valence-electron chi connectivity index (χ3n) is 8.84. The average molecular weight is 557 g/mol. The van der Waals surface area contributed by atoms with Crippen LogP contribution in [-0.2, 0) is 20.8 Å². The molecule has 0 aliphatic carbocycles. The molecule has 5 heteroatoms. The van der Waals surface area contributed by atoms with Crippen LogP contribution in [0.2, 0.25) is 0 Å². The van der Waals surface area contributed by atoms with Crippen molar-refractivity contribution < 1.29 is 14.2 Å². The summed E-state index contributed by atoms with van der Waals surface area (Å²) in [5.74, 6) is 1.59. The van der Waals surface area contributed by atoms with Crippen molar-refractivity contribution in [3.8, 4) is 0 Å². The van der Waals surface area contributed by atoms with Crippen LogP contribution in [0, 0.1) is 16.2 Å². The zero-order chi connectivity index (χ0) is 29.3. The van der Waals surface area contributed by atoms with Crippen LogP contribution in [-0.4, -0.2) is 43.7 Å². The summed E-state index contributed by atoms with van der Waals surface area (Å²) in [5, 5.41) is 5.08. The Bertz CT molecular complexity index is 1330. The van der Waals surface area contributed by atoms with Crippen LogP contribution in [0.1, 0.15) is 79.7 Å². The van der Waals surface area contributed by atoms with Gasteiger partial charge in [-0.1, -0.05) is 103 Å². The number of hydrogen-bond acceptors (Lipinski definition) is 5. The Balaban J connectivity index is 1.21. The Morgan fingerprint density at radius 3 is 1.71 bits per heavy atom. The van der Waals surface area contributed by atoms with Gasteiger partial charge in [0, 0.05) is 6.61 Å². The van der Waals surface area contributed by atoms with E-state index in [1.165, 1.54) is 27.1 Å². The molecule has 2 aliphatic heterocycles. The van der Waals surface area contributed by atoms with Gasteiger partial charge in [-0.3, -0.25) is 0 Å². The quantitative estimate of drug-likeness (QED) is 0.185. The first-order valence-electron chi connectivity index (χ1n) is 15.4. The summed E-state index contributed by atoms with van der Waals surface area (Å²) in [6.45, 7) is 18.2. The number of rotatable bonds is 10. The second-order valence-corrected chi connectivity index (χ2v) is 14.2. The van der Waals surface area contributed by atoms with Gasteiger partial charge in [0.05, 0.1) is 18.7 Å². The highest BCUT2D eigenvalue weighted by Crippen LogP contribution is 2.39. The molecule has 2 aliphatic rings. The van der Waals surface area contributed by atoms with Gasteiger partial charge in [0.1, 0.15) is 18.6 Å². The Hall–Kier alpha value is -2.92. The minimum atomic E-state index is -0.442. The van der Waals surface area contributed by atoms with E-state index in [0.717, 1.165) is 44.1 Å². The van der Waals surface area contributed by atoms with Crippen molar-refractivity contribution in [3.63, 3.8) is 0 Å². The van der Waals surface area contributed by atoms with Crippen LogP contribution in [0.5, 0.6) is 0 Å². The van der Waals surface area contributed by atoms with Gasteiger partial charge in [0.2, 0.25) is 0 Å². The van der Waals surface area contributed by atoms with E-state index in [4.69, 9.17) is 24.2 Å². The fraction of sp³-hybridized carbons (Fsp3) is 0.556. The van der Waals surface area contributed by atoms with Crippen molar-refractivity contribution in [2.75, 3.05) is 19.8 Å². The molecule has 0 unspecified atom stereocenters. The first kappa shape index (κ1) is 29.6. The van der Waals surface area contributed by atoms with Gasteiger partial charge in [-0.25, -0.2) is 9.98 Å². The molecule has 0 saturated carbocycles. The zero-order valence-corrected chi connectivity index (χ0v) is 26.1. The molecule has 220 valence electrons. The number of fused-ring (bicyclic) bond motifs is 2. The molecule has 3 aromatic carbocycles. The monoisotopic (exact) mass is 556 g/mol. The van der Waals surface area contributed by atoms with Crippen LogP contribution in [0.15, 0.2) is 64.6 Å². The highest BCUT2D eigenvalue weighted by atomic mass is 16.5. The van der Waals surface area contributed by atoms with E-state index in [1.807, 2.05) is 0 Å². The molecule has 0 bridgehead atoms. The number of benzene rings is 3. The second-order valence-electron chi connectivity index (χ2n) is 14.2. The van der Waals surface area contributed by atoms with Crippen LogP contribution >= 0.6 is 0 Å². The van der Waals surface area contributed by atoms with Gasteiger partial charge in [0.15, 0.2) is 11.8 Å². The predicted molar refractivity (Wildman–Crippen MR) is 171 cm³/mol. The van der Waals surface area contributed by atoms with Gasteiger partial charge in [0.25, 0.3) is 0 Å². The fourth-order valence-corrected chi connectivity index (χ4v) is 5.84. The van der Waals surface area contributed by atoms with Gasteiger partial charge >= 0.3 is 0 Å². The van der Waals surface area contributed by atoms with E-state index in [0.29, 0.717) is 19.8 Å². The van der Waals surface area contributed by atoms with Gasteiger partial charge < -0.3 is 14.2 Å². The lowest BCUT2D eigenvalue weighted by atomic mass is 9.83. The Labute approximate surface area is 246 Å². The molecule has 0 fully saturated rings. The molecule has 3 aromatic rings. The standard InChI is InChI=1S/C36H48N2O3/c1-34(2,3)30-23-40-32(37-30)36(7,33-38-31(24-41-33)35(4,5)6)19-13-8-14-20-39-22-29-27-17-11-9-15-25(27)21-26-16-10-12-18-28(26)29/h9-12,15-18,21,30-31H,8,13-14,19-20,22-24H2,1-7H3/t30-,31-/m1/s1. The molecular formula is C36H48N2O3. The number of nitrogens with zero attached hydrogens (tertiary/aromatic N) is 2. The summed E-state index contributed by atoms with van der Waals surface area (Å²) in [6, 6.07) is 19.8. The lowest BCUT2D eigenvalue weighted by Crippen LogP contribution is -2.37. The van der Waals surface area contributed by atoms with E-state index < -0.39 is 5.41 Å². The Kier molecular flexibility index (Phi) is 8.48. The molecule has 0 aromatic heterocycles. The highest BCUT2D eigenvalue weighted by Gasteiger charge is 2.47. The smallest absolute Gasteiger partial charge is 0.199 e. The summed E-state index contributed by atoms with van der Waals surface area (Å²) in [5.41, 5.74) is 0.951. The van der Waals surface area contributed by atoms with Crippen molar-refractivity contribution in [2.24, 2.45) is 26.2 Å². The predicted octanol–water partition coefficient (Wildman–Crippen LogP) is 8.76. The van der Waals surface area contributed by atoms with E-state index in [2.05, 4.69) is 103 Å². The first-order chi connectivity index (χ1) is 19.5. The minimum Gasteiger partial charge on any atom is -0.478 e. The SMILES string of the molecule is CC(CCCCCOCc1c2ccccc2cc2ccccc12)(C1=N[C@@H](C(C)(C)C)CO1)C1=N[C@@H](C(C)(C)C)CO1. The number of unbranched alkanes of at least 4 members (excludes halogenated alkanes) is 2. The van der Waals surface area contributed by atoms with Crippen molar-refractivity contribution in [3.05, 3.63) is 60.2 Å². The normalized spacial score (nSPS) is 19.8. The van der Waals surface area contributed by atoms with Crippen LogP contribution in [0.25, 0.3) is 21.5 Å². The third-order valence-corrected chi connectivity index (χ3v) is 8.84. The molecule has 0 N–H and O–H groups in total. The van der Waals surface area contributed by atoms with Crippen molar-refractivity contribution in [1.29, 1.82) is 0 Å². The van der Waals surface area contributed by atoms with Crippen molar-refractivity contribution in [2.45, 2.75) is 92.8 Å². The molecule has 5 nitrogen and oxygen atoms in total. The summed E-state index contributed by atoms with van der Waals surface area (Å²) >= 11 is 0. The third kappa shape index (κ3) is 6.45. The van der Waals surface area contributed by atoms with Crippen LogP contribution < -0.4 is 0 Å². The van der Waals surface area contributed by atoms with E-state index in [-0.39, 0.29) is 22.9 Å². The summed E-state index contributed by atoms with van der Waals surface area (Å²) in [7, 11) is 0. The molecule has 0 spiro atoms. The maximum absolute atomic E-state index is 6.27. The number of aliphatic imine (C=N–C) groups is 2. The lowest BCUT2D eigenvalue weighted by Gasteiger charge is -2.28. The fourth-order valence-electron chi connectivity index (χ4n) is 5.84. The van der Waals surface area contributed by atoms with Gasteiger partial charge in [-0.15, -0.1) is 0 Å². The summed E-state index contributed by atoms with van der Waals surface area (Å²) < 4.78 is 18.8. The molecule has 0 amide bonds. The van der Waals surface area contributed by atoms with Crippen LogP contribution in [0.4, 0.5) is 0 Å². The lowest BCUT2D eigenvalue weighted by molar-refractivity contribution is 0.118. The molecule has 41 heavy (non-hydrogen) atoms. The Morgan fingerprint density at radius 1 is 0.707 bits per heavy atom. The van der Waals surface area contributed by atoms with E-state index >= 15 is 0 Å². The van der Waals surface area contributed by atoms with E-state index in [9.17, 15) is 0 Å². The highest BCUT2D eigenvalue weighted by molar-refractivity contribution is 6.06. The number of ether oxygens (including phenoxy) is 3. The first-order valence-corrected chi connectivity index (χ1v) is 15.4. The van der Waals surface area contributed by atoms with Crippen LogP contribution in [0.3, 0.4) is 0 Å². The van der Waals surface area contributed by atoms with Gasteiger partial charge in [-0.2, -0.15) is 0 Å². The topological polar surface area (TPSA) is 52.4 Å². The molecule has 2 atom stereocenters. The maximum Gasteiger partial charge on any atom is 0.199 e. The van der Waals surface area contributed by atoms with Gasteiger partial charge in [-0.05, 0) is 63.8 Å². The Morgan fingerprint density at radius 2 is 1.22 bits per heavy atom. The summed E-state index contributed by atoms with van der Waals surface area (Å²) in [6.07, 6.45) is 4.00. The van der Waals surface area contributed by atoms with Crippen molar-refractivity contribution >= 4 is 33.3 Å². The molecule has 0 saturated heterocycles. The molecule has 0 radical (unpaired) electrons. The summed E-state index contributed by atoms with van der Waals surface area (Å²) in [4.78, 5) is 10.2. The minimum absolute atomic E-state index is 0.0572. The molecule has 2 heterocycles. The zero-order valence-electron chi connectivity index (χ0n) is 26.1. The average Bonchev–Trinajstić information content (AvgIpc) is 3.63. The van der Waals surface area contributed by atoms with Crippen molar-refractivity contribution in [1.82, 2.24) is 0 Å². The molecular weight excluding hydrogens is 508 g/mol. The maximum atomic E-state index is 6.27. The largest absolute Gasteiger partial charge is 0.478 e. The second kappa shape index (κ2) is 11.8. The number of hydrogen-bond donors (Lipinski definition) is 0. The molecule has 5 rings (SSSR count). The van der Waals surface area contributed by atoms with E-state index in [1.54, 1.807) is 0 Å².